The molecule has 1 aromatic heterocycles. The summed E-state index contributed by atoms with van der Waals surface area (Å²) in [6.07, 6.45) is 1.82. The zero-order chi connectivity index (χ0) is 20.2. The van der Waals surface area contributed by atoms with Crippen molar-refractivity contribution in [2.75, 3.05) is 0 Å². The van der Waals surface area contributed by atoms with Crippen LogP contribution >= 0.6 is 0 Å². The highest BCUT2D eigenvalue weighted by Crippen LogP contribution is 2.26. The molecular weight excluding hydrogens is 368 g/mol. The molecule has 2 aromatic carbocycles. The molecule has 1 aliphatic rings. The van der Waals surface area contributed by atoms with Crippen molar-refractivity contribution in [3.05, 3.63) is 94.9 Å². The Labute approximate surface area is 167 Å². The molecular formula is C23H18N2O4. The third-order valence-corrected chi connectivity index (χ3v) is 4.98. The maximum atomic E-state index is 12.9. The maximum Gasteiger partial charge on any atom is 0.329 e. The first-order chi connectivity index (χ1) is 14.2. The van der Waals surface area contributed by atoms with Crippen LogP contribution in [0.15, 0.2) is 71.3 Å². The van der Waals surface area contributed by atoms with Gasteiger partial charge in [0.15, 0.2) is 5.76 Å². The van der Waals surface area contributed by atoms with Crippen molar-refractivity contribution >= 4 is 11.9 Å². The minimum absolute atomic E-state index is 0.0749. The second kappa shape index (κ2) is 8.03. The second-order valence-corrected chi connectivity index (χ2v) is 6.82. The highest BCUT2D eigenvalue weighted by atomic mass is 16.5. The smallest absolute Gasteiger partial charge is 0.329 e. The zero-order valence-electron chi connectivity index (χ0n) is 15.6. The first kappa shape index (κ1) is 18.5. The minimum atomic E-state index is -0.735. The van der Waals surface area contributed by atoms with Crippen LogP contribution in [0.25, 0.3) is 0 Å². The molecule has 1 amide bonds. The van der Waals surface area contributed by atoms with Crippen molar-refractivity contribution in [1.82, 2.24) is 4.90 Å². The van der Waals surface area contributed by atoms with E-state index in [0.29, 0.717) is 18.5 Å². The zero-order valence-corrected chi connectivity index (χ0v) is 15.6. The van der Waals surface area contributed by atoms with Gasteiger partial charge in [-0.25, -0.2) is 4.79 Å². The number of benzene rings is 2. The van der Waals surface area contributed by atoms with Crippen LogP contribution in [0.2, 0.25) is 0 Å². The lowest BCUT2D eigenvalue weighted by molar-refractivity contribution is -0.151. The van der Waals surface area contributed by atoms with Gasteiger partial charge in [-0.2, -0.15) is 5.26 Å². The fraction of sp³-hybridized carbons (Fsp3) is 0.174. The number of carbonyl (C=O) groups is 2. The van der Waals surface area contributed by atoms with Gasteiger partial charge >= 0.3 is 5.97 Å². The monoisotopic (exact) mass is 386 g/mol. The molecule has 0 bridgehead atoms. The Bertz CT molecular complexity index is 1070. The number of rotatable bonds is 4. The molecule has 0 fully saturated rings. The Morgan fingerprint density at radius 2 is 1.83 bits per heavy atom. The standard InChI is InChI=1S/C23H18N2O4/c24-13-16-7-9-17(10-8-16)15-29-23(27)20-12-18-4-1-2-5-19(18)14-25(20)22(26)21-6-3-11-28-21/h1-11,20H,12,14-15H2. The average molecular weight is 386 g/mol. The van der Waals surface area contributed by atoms with Crippen LogP contribution in [-0.2, 0) is 29.1 Å². The maximum absolute atomic E-state index is 12.9. The second-order valence-electron chi connectivity index (χ2n) is 6.82. The molecule has 29 heavy (non-hydrogen) atoms. The number of hydrogen-bond donors (Lipinski definition) is 0. The summed E-state index contributed by atoms with van der Waals surface area (Å²) in [4.78, 5) is 27.3. The molecule has 144 valence electrons. The molecule has 0 saturated heterocycles. The predicted molar refractivity (Wildman–Crippen MR) is 103 cm³/mol. The van der Waals surface area contributed by atoms with E-state index in [1.54, 1.807) is 36.4 Å². The topological polar surface area (TPSA) is 83.5 Å². The fourth-order valence-corrected chi connectivity index (χ4v) is 3.41. The summed E-state index contributed by atoms with van der Waals surface area (Å²) >= 11 is 0. The van der Waals surface area contributed by atoms with E-state index in [4.69, 9.17) is 14.4 Å². The van der Waals surface area contributed by atoms with Crippen LogP contribution < -0.4 is 0 Å². The highest BCUT2D eigenvalue weighted by molar-refractivity contribution is 5.95. The molecule has 1 aliphatic heterocycles. The summed E-state index contributed by atoms with van der Waals surface area (Å²) < 4.78 is 10.8. The lowest BCUT2D eigenvalue weighted by Gasteiger charge is -2.34. The van der Waals surface area contributed by atoms with Gasteiger partial charge in [0.2, 0.25) is 0 Å². The summed E-state index contributed by atoms with van der Waals surface area (Å²) in [5.41, 5.74) is 3.34. The molecule has 3 aromatic rings. The van der Waals surface area contributed by atoms with Gasteiger partial charge in [-0.05, 0) is 41.0 Å². The highest BCUT2D eigenvalue weighted by Gasteiger charge is 2.36. The van der Waals surface area contributed by atoms with Gasteiger partial charge in [-0.3, -0.25) is 4.79 Å². The average Bonchev–Trinajstić information content (AvgIpc) is 3.31. The Kier molecular flexibility index (Phi) is 5.12. The minimum Gasteiger partial charge on any atom is -0.459 e. The van der Waals surface area contributed by atoms with Crippen molar-refractivity contribution < 1.29 is 18.7 Å². The van der Waals surface area contributed by atoms with E-state index < -0.39 is 12.0 Å². The van der Waals surface area contributed by atoms with Crippen molar-refractivity contribution in [1.29, 1.82) is 5.26 Å². The van der Waals surface area contributed by atoms with E-state index in [1.807, 2.05) is 24.3 Å². The van der Waals surface area contributed by atoms with Gasteiger partial charge in [0, 0.05) is 13.0 Å². The van der Waals surface area contributed by atoms with Gasteiger partial charge in [0.1, 0.15) is 12.6 Å². The summed E-state index contributed by atoms with van der Waals surface area (Å²) in [7, 11) is 0. The van der Waals surface area contributed by atoms with Crippen LogP contribution in [0.4, 0.5) is 0 Å². The van der Waals surface area contributed by atoms with Crippen LogP contribution in [0.3, 0.4) is 0 Å². The van der Waals surface area contributed by atoms with Crippen LogP contribution in [0, 0.1) is 11.3 Å². The van der Waals surface area contributed by atoms with E-state index >= 15 is 0 Å². The number of nitriles is 1. The summed E-state index contributed by atoms with van der Waals surface area (Å²) in [6, 6.07) is 19.1. The van der Waals surface area contributed by atoms with E-state index in [-0.39, 0.29) is 18.3 Å². The number of furan rings is 1. The molecule has 6 nitrogen and oxygen atoms in total. The molecule has 1 atom stereocenters. The van der Waals surface area contributed by atoms with E-state index in [2.05, 4.69) is 6.07 Å². The molecule has 1 unspecified atom stereocenters. The van der Waals surface area contributed by atoms with Gasteiger partial charge in [0.25, 0.3) is 5.91 Å². The van der Waals surface area contributed by atoms with Gasteiger partial charge in [0.05, 0.1) is 17.9 Å². The number of ether oxygens (including phenoxy) is 1. The summed E-state index contributed by atoms with van der Waals surface area (Å²) in [5.74, 6) is -0.622. The molecule has 0 spiro atoms. The van der Waals surface area contributed by atoms with Crippen LogP contribution in [-0.4, -0.2) is 22.8 Å². The Hall–Kier alpha value is -3.85. The van der Waals surface area contributed by atoms with Crippen molar-refractivity contribution in [3.8, 4) is 6.07 Å². The summed E-state index contributed by atoms with van der Waals surface area (Å²) in [5, 5.41) is 8.88. The molecule has 0 aliphatic carbocycles. The van der Waals surface area contributed by atoms with E-state index in [9.17, 15) is 9.59 Å². The lowest BCUT2D eigenvalue weighted by atomic mass is 9.93. The number of carbonyl (C=O) groups excluding carboxylic acids is 2. The third kappa shape index (κ3) is 3.90. The Morgan fingerprint density at radius 3 is 2.52 bits per heavy atom. The number of amides is 1. The Morgan fingerprint density at radius 1 is 1.07 bits per heavy atom. The van der Waals surface area contributed by atoms with Gasteiger partial charge < -0.3 is 14.1 Å². The van der Waals surface area contributed by atoms with Crippen LogP contribution in [0.1, 0.15) is 32.8 Å². The van der Waals surface area contributed by atoms with E-state index in [0.717, 1.165) is 16.7 Å². The molecule has 0 saturated carbocycles. The normalized spacial score (nSPS) is 15.3. The van der Waals surface area contributed by atoms with Crippen molar-refractivity contribution in [2.45, 2.75) is 25.6 Å². The summed E-state index contributed by atoms with van der Waals surface area (Å²) in [6.45, 7) is 0.387. The van der Waals surface area contributed by atoms with Crippen molar-refractivity contribution in [3.63, 3.8) is 0 Å². The number of hydrogen-bond acceptors (Lipinski definition) is 5. The van der Waals surface area contributed by atoms with Crippen LogP contribution in [0.5, 0.6) is 0 Å². The molecule has 6 heteroatoms. The predicted octanol–water partition coefficient (Wildman–Crippen LogP) is 3.46. The van der Waals surface area contributed by atoms with E-state index in [1.165, 1.54) is 11.2 Å². The molecule has 0 N–H and O–H groups in total. The number of fused-ring (bicyclic) bond motifs is 1. The van der Waals surface area contributed by atoms with Gasteiger partial charge in [-0.1, -0.05) is 36.4 Å². The Balaban J connectivity index is 1.54. The number of esters is 1. The van der Waals surface area contributed by atoms with Crippen molar-refractivity contribution in [2.24, 2.45) is 0 Å². The molecule has 2 heterocycles. The van der Waals surface area contributed by atoms with Gasteiger partial charge in [-0.15, -0.1) is 0 Å². The quantitative estimate of drug-likeness (QED) is 0.641. The largest absolute Gasteiger partial charge is 0.459 e. The fourth-order valence-electron chi connectivity index (χ4n) is 3.41. The lowest BCUT2D eigenvalue weighted by Crippen LogP contribution is -2.49. The molecule has 0 radical (unpaired) electrons. The first-order valence-electron chi connectivity index (χ1n) is 9.22. The third-order valence-electron chi connectivity index (χ3n) is 4.98. The molecule has 4 rings (SSSR count). The SMILES string of the molecule is N#Cc1ccc(COC(=O)C2Cc3ccccc3CN2C(=O)c2ccco2)cc1. The first-order valence-corrected chi connectivity index (χ1v) is 9.22. The number of nitrogens with zero attached hydrogens (tertiary/aromatic N) is 2.